The van der Waals surface area contributed by atoms with Crippen LogP contribution in [0.5, 0.6) is 11.6 Å². The SMILES string of the molecule is CCN(CC)C(=O)c1ccccc1NC(=O)c1ccc(Oc2ccccc2)nc1. The molecule has 0 aliphatic heterocycles. The number of nitrogens with one attached hydrogen (secondary N) is 1. The van der Waals surface area contributed by atoms with Crippen LogP contribution in [0.3, 0.4) is 0 Å². The minimum absolute atomic E-state index is 0.115. The molecule has 3 aromatic rings. The van der Waals surface area contributed by atoms with Crippen LogP contribution in [0, 0.1) is 0 Å². The Morgan fingerprint density at radius 2 is 1.62 bits per heavy atom. The first-order valence-electron chi connectivity index (χ1n) is 9.51. The fourth-order valence-electron chi connectivity index (χ4n) is 2.84. The molecule has 6 heteroatoms. The first-order valence-corrected chi connectivity index (χ1v) is 9.51. The Hall–Kier alpha value is -3.67. The van der Waals surface area contributed by atoms with Crippen molar-refractivity contribution in [3.05, 3.63) is 84.1 Å². The lowest BCUT2D eigenvalue weighted by Gasteiger charge is -2.20. The summed E-state index contributed by atoms with van der Waals surface area (Å²) in [5, 5.41) is 2.81. The van der Waals surface area contributed by atoms with Crippen LogP contribution in [0.1, 0.15) is 34.6 Å². The predicted octanol–water partition coefficient (Wildman–Crippen LogP) is 4.61. The van der Waals surface area contributed by atoms with Crippen LogP contribution >= 0.6 is 0 Å². The highest BCUT2D eigenvalue weighted by Crippen LogP contribution is 2.21. The van der Waals surface area contributed by atoms with Crippen LogP contribution in [0.4, 0.5) is 5.69 Å². The fraction of sp³-hybridized carbons (Fsp3) is 0.174. The van der Waals surface area contributed by atoms with Gasteiger partial charge in [-0.1, -0.05) is 30.3 Å². The fourth-order valence-corrected chi connectivity index (χ4v) is 2.84. The van der Waals surface area contributed by atoms with Gasteiger partial charge in [0.15, 0.2) is 0 Å². The summed E-state index contributed by atoms with van der Waals surface area (Å²) in [5.74, 6) is 0.602. The van der Waals surface area contributed by atoms with Crippen molar-refractivity contribution in [1.82, 2.24) is 9.88 Å². The number of nitrogens with zero attached hydrogens (tertiary/aromatic N) is 2. The predicted molar refractivity (Wildman–Crippen MR) is 112 cm³/mol. The number of rotatable bonds is 7. The molecule has 0 spiro atoms. The van der Waals surface area contributed by atoms with Crippen molar-refractivity contribution >= 4 is 17.5 Å². The van der Waals surface area contributed by atoms with Crippen LogP contribution in [0.25, 0.3) is 0 Å². The van der Waals surface area contributed by atoms with Crippen molar-refractivity contribution in [2.75, 3.05) is 18.4 Å². The van der Waals surface area contributed by atoms with Gasteiger partial charge >= 0.3 is 0 Å². The molecule has 0 saturated carbocycles. The molecule has 1 N–H and O–H groups in total. The van der Waals surface area contributed by atoms with Crippen molar-refractivity contribution in [2.45, 2.75) is 13.8 Å². The second-order valence-electron chi connectivity index (χ2n) is 6.28. The summed E-state index contributed by atoms with van der Waals surface area (Å²) in [7, 11) is 0. The first kappa shape index (κ1) is 20.1. The molecule has 1 aromatic heterocycles. The summed E-state index contributed by atoms with van der Waals surface area (Å²) in [6.07, 6.45) is 1.45. The van der Waals surface area contributed by atoms with Crippen molar-refractivity contribution in [3.63, 3.8) is 0 Å². The van der Waals surface area contributed by atoms with E-state index in [9.17, 15) is 9.59 Å². The minimum Gasteiger partial charge on any atom is -0.439 e. The highest BCUT2D eigenvalue weighted by Gasteiger charge is 2.18. The average molecular weight is 389 g/mol. The molecule has 0 bridgehead atoms. The van der Waals surface area contributed by atoms with Gasteiger partial charge in [-0.05, 0) is 44.2 Å². The minimum atomic E-state index is -0.344. The molecule has 0 saturated heterocycles. The Balaban J connectivity index is 1.73. The van der Waals surface area contributed by atoms with E-state index in [1.807, 2.05) is 44.2 Å². The summed E-state index contributed by atoms with van der Waals surface area (Å²) in [5.41, 5.74) is 1.30. The van der Waals surface area contributed by atoms with Gasteiger partial charge in [0, 0.05) is 25.4 Å². The molecule has 0 aliphatic carbocycles. The number of amides is 2. The van der Waals surface area contributed by atoms with E-state index < -0.39 is 0 Å². The van der Waals surface area contributed by atoms with E-state index in [2.05, 4.69) is 10.3 Å². The van der Waals surface area contributed by atoms with Crippen LogP contribution in [-0.4, -0.2) is 34.8 Å². The summed E-state index contributed by atoms with van der Waals surface area (Å²) in [6, 6.07) is 19.6. The molecule has 0 unspecified atom stereocenters. The largest absolute Gasteiger partial charge is 0.439 e. The number of ether oxygens (including phenoxy) is 1. The highest BCUT2D eigenvalue weighted by atomic mass is 16.5. The number of benzene rings is 2. The molecule has 29 heavy (non-hydrogen) atoms. The zero-order valence-electron chi connectivity index (χ0n) is 16.5. The third-order valence-corrected chi connectivity index (χ3v) is 4.42. The van der Waals surface area contributed by atoms with E-state index in [1.54, 1.807) is 41.3 Å². The summed E-state index contributed by atoms with van der Waals surface area (Å²) < 4.78 is 5.64. The van der Waals surface area contributed by atoms with Gasteiger partial charge in [0.05, 0.1) is 16.8 Å². The molecular formula is C23H23N3O3. The summed E-state index contributed by atoms with van der Waals surface area (Å²) >= 11 is 0. The number of para-hydroxylation sites is 2. The molecule has 0 radical (unpaired) electrons. The number of hydrogen-bond donors (Lipinski definition) is 1. The normalized spacial score (nSPS) is 10.3. The smallest absolute Gasteiger partial charge is 0.257 e. The van der Waals surface area contributed by atoms with Gasteiger partial charge < -0.3 is 15.0 Å². The van der Waals surface area contributed by atoms with Gasteiger partial charge in [0.1, 0.15) is 5.75 Å². The van der Waals surface area contributed by atoms with E-state index in [0.29, 0.717) is 41.5 Å². The van der Waals surface area contributed by atoms with Crippen molar-refractivity contribution in [3.8, 4) is 11.6 Å². The monoisotopic (exact) mass is 389 g/mol. The Morgan fingerprint density at radius 3 is 2.28 bits per heavy atom. The van der Waals surface area contributed by atoms with Crippen LogP contribution in [-0.2, 0) is 0 Å². The lowest BCUT2D eigenvalue weighted by atomic mass is 10.1. The van der Waals surface area contributed by atoms with Gasteiger partial charge in [-0.15, -0.1) is 0 Å². The van der Waals surface area contributed by atoms with Crippen molar-refractivity contribution in [1.29, 1.82) is 0 Å². The molecule has 0 fully saturated rings. The number of hydrogen-bond acceptors (Lipinski definition) is 4. The molecule has 6 nitrogen and oxygen atoms in total. The second-order valence-corrected chi connectivity index (χ2v) is 6.28. The highest BCUT2D eigenvalue weighted by molar-refractivity contribution is 6.08. The lowest BCUT2D eigenvalue weighted by Crippen LogP contribution is -2.31. The molecule has 2 amide bonds. The van der Waals surface area contributed by atoms with Crippen LogP contribution in [0.2, 0.25) is 0 Å². The molecular weight excluding hydrogens is 366 g/mol. The zero-order chi connectivity index (χ0) is 20.6. The van der Waals surface area contributed by atoms with Gasteiger partial charge in [-0.25, -0.2) is 4.98 Å². The van der Waals surface area contributed by atoms with E-state index in [0.717, 1.165) is 0 Å². The number of pyridine rings is 1. The van der Waals surface area contributed by atoms with Crippen LogP contribution in [0.15, 0.2) is 72.9 Å². The summed E-state index contributed by atoms with van der Waals surface area (Å²) in [4.78, 5) is 31.3. The van der Waals surface area contributed by atoms with Crippen molar-refractivity contribution in [2.24, 2.45) is 0 Å². The standard InChI is InChI=1S/C23H23N3O3/c1-3-26(4-2)23(28)19-12-8-9-13-20(19)25-22(27)17-14-15-21(24-16-17)29-18-10-6-5-7-11-18/h5-16H,3-4H2,1-2H3,(H,25,27). The van der Waals surface area contributed by atoms with E-state index >= 15 is 0 Å². The zero-order valence-corrected chi connectivity index (χ0v) is 16.5. The third-order valence-electron chi connectivity index (χ3n) is 4.42. The van der Waals surface area contributed by atoms with Gasteiger partial charge in [-0.2, -0.15) is 0 Å². The Bertz CT molecular complexity index is 968. The molecule has 3 rings (SSSR count). The quantitative estimate of drug-likeness (QED) is 0.641. The van der Waals surface area contributed by atoms with E-state index in [1.165, 1.54) is 6.20 Å². The molecule has 0 aliphatic rings. The Kier molecular flexibility index (Phi) is 6.58. The molecule has 148 valence electrons. The number of carbonyl (C=O) groups is 2. The Labute approximate surface area is 170 Å². The number of carbonyl (C=O) groups excluding carboxylic acids is 2. The summed E-state index contributed by atoms with van der Waals surface area (Å²) in [6.45, 7) is 5.05. The van der Waals surface area contributed by atoms with Gasteiger partial charge in [-0.3, -0.25) is 9.59 Å². The maximum Gasteiger partial charge on any atom is 0.257 e. The molecule has 0 atom stereocenters. The first-order chi connectivity index (χ1) is 14.1. The van der Waals surface area contributed by atoms with Gasteiger partial charge in [0.2, 0.25) is 5.88 Å². The van der Waals surface area contributed by atoms with Crippen LogP contribution < -0.4 is 10.1 Å². The molecule has 2 aromatic carbocycles. The van der Waals surface area contributed by atoms with E-state index in [4.69, 9.17) is 4.74 Å². The van der Waals surface area contributed by atoms with Crippen molar-refractivity contribution < 1.29 is 14.3 Å². The van der Waals surface area contributed by atoms with Gasteiger partial charge in [0.25, 0.3) is 11.8 Å². The molecule has 1 heterocycles. The third kappa shape index (κ3) is 4.99. The maximum atomic E-state index is 12.7. The lowest BCUT2D eigenvalue weighted by molar-refractivity contribution is 0.0774. The second kappa shape index (κ2) is 9.50. The number of aromatic nitrogens is 1. The number of anilines is 1. The van der Waals surface area contributed by atoms with E-state index in [-0.39, 0.29) is 11.8 Å². The average Bonchev–Trinajstić information content (AvgIpc) is 2.76. The maximum absolute atomic E-state index is 12.7. The Morgan fingerprint density at radius 1 is 0.931 bits per heavy atom. The topological polar surface area (TPSA) is 71.5 Å².